The van der Waals surface area contributed by atoms with Crippen molar-refractivity contribution < 1.29 is 23.5 Å². The summed E-state index contributed by atoms with van der Waals surface area (Å²) in [5, 5.41) is 0.175. The number of esters is 1. The molecule has 0 N–H and O–H groups in total. The number of halogens is 2. The van der Waals surface area contributed by atoms with Gasteiger partial charge in [-0.05, 0) is 19.1 Å². The van der Waals surface area contributed by atoms with Crippen LogP contribution in [0.4, 0.5) is 4.39 Å². The summed E-state index contributed by atoms with van der Waals surface area (Å²) in [6.07, 6.45) is 1.40. The lowest BCUT2D eigenvalue weighted by atomic mass is 9.74. The van der Waals surface area contributed by atoms with Gasteiger partial charge in [-0.1, -0.05) is 11.6 Å². The maximum absolute atomic E-state index is 15.4. The van der Waals surface area contributed by atoms with Crippen molar-refractivity contribution in [2.24, 2.45) is 5.41 Å². The number of carbonyl (C=O) groups is 2. The monoisotopic (exact) mass is 342 g/mol. The number of hydrogen-bond donors (Lipinski definition) is 0. The van der Waals surface area contributed by atoms with E-state index in [1.165, 1.54) is 23.2 Å². The van der Waals surface area contributed by atoms with E-state index in [0.717, 1.165) is 0 Å². The zero-order valence-corrected chi connectivity index (χ0v) is 13.3. The summed E-state index contributed by atoms with van der Waals surface area (Å²) in [4.78, 5) is 29.8. The minimum Gasteiger partial charge on any atom is -0.464 e. The van der Waals surface area contributed by atoms with Crippen molar-refractivity contribution in [3.63, 3.8) is 0 Å². The van der Waals surface area contributed by atoms with Crippen LogP contribution in [0.2, 0.25) is 5.15 Å². The largest absolute Gasteiger partial charge is 0.464 e. The summed E-state index contributed by atoms with van der Waals surface area (Å²) in [5.41, 5.74) is -2.99. The van der Waals surface area contributed by atoms with Gasteiger partial charge in [0.25, 0.3) is 5.91 Å². The van der Waals surface area contributed by atoms with Crippen LogP contribution in [-0.2, 0) is 14.3 Å². The summed E-state index contributed by atoms with van der Waals surface area (Å²) in [5.74, 6) is -1.34. The Hall–Kier alpha value is -1.73. The third-order valence-corrected chi connectivity index (χ3v) is 4.57. The van der Waals surface area contributed by atoms with Gasteiger partial charge in [0.2, 0.25) is 5.67 Å². The minimum atomic E-state index is -2.26. The highest BCUT2D eigenvalue weighted by molar-refractivity contribution is 6.29. The lowest BCUT2D eigenvalue weighted by molar-refractivity contribution is -0.196. The summed E-state index contributed by atoms with van der Waals surface area (Å²) in [6, 6.07) is 2.91. The van der Waals surface area contributed by atoms with E-state index < -0.39 is 23.0 Å². The third-order valence-electron chi connectivity index (χ3n) is 4.36. The molecule has 0 aromatic carbocycles. The number of nitrogens with zero attached hydrogens (tertiary/aromatic N) is 2. The summed E-state index contributed by atoms with van der Waals surface area (Å²) in [7, 11) is 0. The Morgan fingerprint density at radius 1 is 1.48 bits per heavy atom. The Kier molecular flexibility index (Phi) is 4.01. The quantitative estimate of drug-likeness (QED) is 0.615. The second-order valence-corrected chi connectivity index (χ2v) is 6.21. The molecule has 2 fully saturated rings. The number of aromatic nitrogens is 1. The number of likely N-dealkylation sites (tertiary alicyclic amines) is 1. The fourth-order valence-corrected chi connectivity index (χ4v) is 3.21. The van der Waals surface area contributed by atoms with Crippen LogP contribution in [-0.4, -0.2) is 60.3 Å². The Labute approximate surface area is 137 Å². The molecule has 1 amide bonds. The number of hydrogen-bond acceptors (Lipinski definition) is 5. The van der Waals surface area contributed by atoms with Crippen LogP contribution < -0.4 is 0 Å². The van der Waals surface area contributed by atoms with E-state index >= 15 is 4.39 Å². The van der Waals surface area contributed by atoms with Gasteiger partial charge in [0, 0.05) is 18.3 Å². The third kappa shape index (κ3) is 2.48. The maximum atomic E-state index is 15.4. The molecule has 0 aliphatic carbocycles. The van der Waals surface area contributed by atoms with E-state index in [4.69, 9.17) is 21.1 Å². The number of rotatable bonds is 3. The Morgan fingerprint density at radius 2 is 2.22 bits per heavy atom. The molecular weight excluding hydrogens is 327 g/mol. The normalized spacial score (nSPS) is 25.3. The van der Waals surface area contributed by atoms with Crippen molar-refractivity contribution in [1.29, 1.82) is 0 Å². The molecule has 6 nitrogen and oxygen atoms in total. The van der Waals surface area contributed by atoms with Gasteiger partial charge in [-0.2, -0.15) is 0 Å². The van der Waals surface area contributed by atoms with Crippen LogP contribution in [0.5, 0.6) is 0 Å². The van der Waals surface area contributed by atoms with Crippen LogP contribution in [0, 0.1) is 5.41 Å². The molecule has 1 atom stereocenters. The smallest absolute Gasteiger partial charge is 0.346 e. The number of ether oxygens (including phenoxy) is 2. The van der Waals surface area contributed by atoms with Crippen molar-refractivity contribution in [3.05, 3.63) is 29.0 Å². The average Bonchev–Trinajstić information content (AvgIpc) is 2.82. The van der Waals surface area contributed by atoms with Crippen molar-refractivity contribution in [3.8, 4) is 0 Å². The Balaban J connectivity index is 1.86. The minimum absolute atomic E-state index is 0.0787. The van der Waals surface area contributed by atoms with E-state index in [0.29, 0.717) is 5.56 Å². The predicted octanol–water partition coefficient (Wildman–Crippen LogP) is 1.48. The second-order valence-electron chi connectivity index (χ2n) is 5.82. The first-order valence-corrected chi connectivity index (χ1v) is 7.64. The summed E-state index contributed by atoms with van der Waals surface area (Å²) < 4.78 is 25.4. The van der Waals surface area contributed by atoms with E-state index in [1.54, 1.807) is 6.92 Å². The number of carbonyl (C=O) groups excluding carboxylic acids is 2. The molecule has 1 aromatic rings. The highest BCUT2D eigenvalue weighted by Crippen LogP contribution is 2.48. The van der Waals surface area contributed by atoms with Gasteiger partial charge in [-0.25, -0.2) is 14.2 Å². The molecule has 0 unspecified atom stereocenters. The lowest BCUT2D eigenvalue weighted by Gasteiger charge is -2.43. The van der Waals surface area contributed by atoms with Gasteiger partial charge < -0.3 is 14.4 Å². The van der Waals surface area contributed by atoms with E-state index in [-0.39, 0.29) is 38.1 Å². The van der Waals surface area contributed by atoms with Crippen molar-refractivity contribution in [2.45, 2.75) is 12.6 Å². The molecule has 0 saturated carbocycles. The molecular formula is C15H16ClFN2O4. The van der Waals surface area contributed by atoms with Gasteiger partial charge >= 0.3 is 5.97 Å². The topological polar surface area (TPSA) is 68.7 Å². The molecule has 3 rings (SSSR count). The van der Waals surface area contributed by atoms with Gasteiger partial charge in [0.15, 0.2) is 0 Å². The van der Waals surface area contributed by atoms with Crippen LogP contribution in [0.1, 0.15) is 17.3 Å². The van der Waals surface area contributed by atoms with Gasteiger partial charge in [-0.15, -0.1) is 0 Å². The lowest BCUT2D eigenvalue weighted by Crippen LogP contribution is -2.61. The highest BCUT2D eigenvalue weighted by Gasteiger charge is 2.68. The van der Waals surface area contributed by atoms with Gasteiger partial charge in [-0.3, -0.25) is 4.79 Å². The molecule has 1 spiro atoms. The highest BCUT2D eigenvalue weighted by atomic mass is 35.5. The fraction of sp³-hybridized carbons (Fsp3) is 0.533. The first-order chi connectivity index (χ1) is 10.9. The molecule has 0 bridgehead atoms. The van der Waals surface area contributed by atoms with Gasteiger partial charge in [0.05, 0.1) is 31.8 Å². The van der Waals surface area contributed by atoms with E-state index in [2.05, 4.69) is 4.98 Å². The summed E-state index contributed by atoms with van der Waals surface area (Å²) >= 11 is 5.79. The predicted molar refractivity (Wildman–Crippen MR) is 78.9 cm³/mol. The molecule has 1 aromatic heterocycles. The van der Waals surface area contributed by atoms with Crippen LogP contribution >= 0.6 is 11.6 Å². The molecule has 0 radical (unpaired) electrons. The number of amides is 1. The van der Waals surface area contributed by atoms with Crippen LogP contribution in [0.25, 0.3) is 0 Å². The maximum Gasteiger partial charge on any atom is 0.346 e. The van der Waals surface area contributed by atoms with E-state index in [1.807, 2.05) is 0 Å². The van der Waals surface area contributed by atoms with Crippen LogP contribution in [0.3, 0.4) is 0 Å². The van der Waals surface area contributed by atoms with Crippen LogP contribution in [0.15, 0.2) is 18.3 Å². The molecule has 3 heterocycles. The molecule has 2 aliphatic heterocycles. The number of pyridine rings is 1. The molecule has 23 heavy (non-hydrogen) atoms. The second kappa shape index (κ2) is 5.72. The first kappa shape index (κ1) is 16.1. The molecule has 124 valence electrons. The first-order valence-electron chi connectivity index (χ1n) is 7.26. The zero-order chi connectivity index (χ0) is 16.7. The van der Waals surface area contributed by atoms with Crippen molar-refractivity contribution >= 4 is 23.5 Å². The Bertz CT molecular complexity index is 652. The summed E-state index contributed by atoms with van der Waals surface area (Å²) in [6.45, 7) is 1.61. The van der Waals surface area contributed by atoms with E-state index in [9.17, 15) is 9.59 Å². The molecule has 2 aliphatic rings. The molecule has 2 saturated heterocycles. The SMILES string of the molecule is CCOC(=O)[C@]1(F)CN(C(=O)c2ccnc(Cl)c2)CC12COC2. The van der Waals surface area contributed by atoms with Crippen molar-refractivity contribution in [1.82, 2.24) is 9.88 Å². The average molecular weight is 343 g/mol. The fourth-order valence-electron chi connectivity index (χ4n) is 3.03. The number of alkyl halides is 1. The Morgan fingerprint density at radius 3 is 2.78 bits per heavy atom. The van der Waals surface area contributed by atoms with Gasteiger partial charge in [0.1, 0.15) is 5.15 Å². The van der Waals surface area contributed by atoms with Crippen molar-refractivity contribution in [2.75, 3.05) is 32.9 Å². The zero-order valence-electron chi connectivity index (χ0n) is 12.6. The molecule has 8 heteroatoms. The standard InChI is InChI=1S/C15H16ClFN2O4/c1-2-23-13(21)15(17)7-19(6-14(15)8-22-9-14)12(20)10-3-4-18-11(16)5-10/h3-5H,2,6-9H2,1H3/t15-/m1/s1.